The zero-order chi connectivity index (χ0) is 35.8. The molecular formula is C41H50ClN3O6. The number of ether oxygens (including phenoxy) is 3. The van der Waals surface area contributed by atoms with Crippen molar-refractivity contribution in [3.63, 3.8) is 0 Å². The molecule has 7 rings (SSSR count). The van der Waals surface area contributed by atoms with Gasteiger partial charge in [-0.05, 0) is 129 Å². The van der Waals surface area contributed by atoms with Crippen molar-refractivity contribution in [2.45, 2.75) is 102 Å². The minimum Gasteiger partial charge on any atom is -0.493 e. The van der Waals surface area contributed by atoms with Gasteiger partial charge in [0.25, 0.3) is 0 Å². The summed E-state index contributed by atoms with van der Waals surface area (Å²) in [5, 5.41) is 14.6. The zero-order valence-electron chi connectivity index (χ0n) is 30.0. The van der Waals surface area contributed by atoms with Crippen molar-refractivity contribution in [3.05, 3.63) is 76.1 Å². The van der Waals surface area contributed by atoms with E-state index >= 15 is 0 Å². The zero-order valence-corrected chi connectivity index (χ0v) is 30.8. The lowest BCUT2D eigenvalue weighted by Crippen LogP contribution is -2.53. The van der Waals surface area contributed by atoms with Gasteiger partial charge in [-0.15, -0.1) is 0 Å². The first kappa shape index (κ1) is 35.4. The van der Waals surface area contributed by atoms with Gasteiger partial charge in [-0.2, -0.15) is 0 Å². The topological polar surface area (TPSA) is 110 Å². The number of hydrogen-bond acceptors (Lipinski definition) is 7. The number of carbonyl (C=O) groups excluding carboxylic acids is 1. The molecule has 2 heterocycles. The molecule has 1 aliphatic heterocycles. The Morgan fingerprint density at radius 3 is 2.69 bits per heavy atom. The molecule has 9 nitrogen and oxygen atoms in total. The number of halogens is 1. The number of carbonyl (C=O) groups is 2. The summed E-state index contributed by atoms with van der Waals surface area (Å²) in [5.74, 6) is 2.15. The van der Waals surface area contributed by atoms with E-state index in [0.717, 1.165) is 37.2 Å². The minimum atomic E-state index is -1.11. The van der Waals surface area contributed by atoms with Crippen LogP contribution in [-0.4, -0.2) is 65.3 Å². The highest BCUT2D eigenvalue weighted by atomic mass is 35.5. The molecule has 0 saturated heterocycles. The van der Waals surface area contributed by atoms with E-state index in [2.05, 4.69) is 29.4 Å². The Bertz CT molecular complexity index is 1770. The number of hydrogen-bond donors (Lipinski definition) is 2. The van der Waals surface area contributed by atoms with Gasteiger partial charge < -0.3 is 29.5 Å². The molecule has 1 saturated carbocycles. The van der Waals surface area contributed by atoms with Gasteiger partial charge in [-0.25, -0.2) is 4.79 Å². The summed E-state index contributed by atoms with van der Waals surface area (Å²) in [7, 11) is 1.79. The maximum absolute atomic E-state index is 13.0. The molecule has 1 amide bonds. The quantitative estimate of drug-likeness (QED) is 0.220. The number of aromatic nitrogens is 1. The van der Waals surface area contributed by atoms with Gasteiger partial charge >= 0.3 is 5.97 Å². The molecule has 3 atom stereocenters. The summed E-state index contributed by atoms with van der Waals surface area (Å²) in [5.41, 5.74) is 4.31. The number of amides is 1. The number of aliphatic carboxylic acids is 1. The van der Waals surface area contributed by atoms with Crippen LogP contribution in [0.15, 0.2) is 48.7 Å². The molecule has 1 aromatic heterocycles. The van der Waals surface area contributed by atoms with Crippen molar-refractivity contribution >= 4 is 29.2 Å². The normalized spacial score (nSPS) is 25.6. The van der Waals surface area contributed by atoms with E-state index in [1.54, 1.807) is 31.0 Å². The number of rotatable bonds is 10. The van der Waals surface area contributed by atoms with Crippen LogP contribution in [0.2, 0.25) is 5.02 Å². The summed E-state index contributed by atoms with van der Waals surface area (Å²) in [6.07, 6.45) is 11.0. The highest BCUT2D eigenvalue weighted by Gasteiger charge is 2.54. The highest BCUT2D eigenvalue weighted by molar-refractivity contribution is 6.30. The number of anilines is 1. The van der Waals surface area contributed by atoms with E-state index in [4.69, 9.17) is 25.8 Å². The van der Waals surface area contributed by atoms with Gasteiger partial charge in [-0.1, -0.05) is 24.6 Å². The average Bonchev–Trinajstić information content (AvgIpc) is 3.23. The van der Waals surface area contributed by atoms with E-state index in [-0.39, 0.29) is 23.3 Å². The first-order chi connectivity index (χ1) is 24.5. The van der Waals surface area contributed by atoms with Crippen LogP contribution in [-0.2, 0) is 34.3 Å². The van der Waals surface area contributed by atoms with Gasteiger partial charge in [0.1, 0.15) is 17.4 Å². The predicted octanol–water partition coefficient (Wildman–Crippen LogP) is 7.65. The SMILES string of the molecule is CC(=O)N(C)CC1CCOc2cc3c(cc2O1)C1(CCC(Nc2cccc(Cl)c2)(C(=O)O)CC1)C(C[C@@H](C)COc1ccnc2c1CCCC2)C3. The van der Waals surface area contributed by atoms with Gasteiger partial charge in [0, 0.05) is 48.6 Å². The largest absolute Gasteiger partial charge is 0.493 e. The van der Waals surface area contributed by atoms with Crippen LogP contribution >= 0.6 is 11.6 Å². The second-order valence-corrected chi connectivity index (χ2v) is 15.8. The number of nitrogens with one attached hydrogen (secondary N) is 1. The molecule has 3 aromatic rings. The summed E-state index contributed by atoms with van der Waals surface area (Å²) < 4.78 is 19.4. The van der Waals surface area contributed by atoms with Crippen molar-refractivity contribution in [2.75, 3.05) is 32.1 Å². The summed E-state index contributed by atoms with van der Waals surface area (Å²) in [6.45, 7) is 5.45. The molecule has 0 bridgehead atoms. The van der Waals surface area contributed by atoms with Crippen molar-refractivity contribution in [3.8, 4) is 17.2 Å². The number of fused-ring (bicyclic) bond motifs is 4. The second kappa shape index (κ2) is 14.6. The van der Waals surface area contributed by atoms with Crippen LogP contribution < -0.4 is 19.5 Å². The predicted molar refractivity (Wildman–Crippen MR) is 197 cm³/mol. The van der Waals surface area contributed by atoms with E-state index in [0.29, 0.717) is 74.2 Å². The van der Waals surface area contributed by atoms with E-state index in [9.17, 15) is 14.7 Å². The molecule has 2 aromatic carbocycles. The Balaban J connectivity index is 1.16. The van der Waals surface area contributed by atoms with Crippen molar-refractivity contribution in [2.24, 2.45) is 11.8 Å². The molecule has 1 spiro atoms. The fourth-order valence-corrected chi connectivity index (χ4v) is 9.27. The number of pyridine rings is 1. The number of aryl methyl sites for hydroxylation is 1. The Morgan fingerprint density at radius 1 is 1.12 bits per heavy atom. The minimum absolute atomic E-state index is 0.00263. The third-order valence-corrected chi connectivity index (χ3v) is 12.2. The molecule has 10 heteroatoms. The molecule has 2 N–H and O–H groups in total. The third kappa shape index (κ3) is 7.24. The molecule has 1 fully saturated rings. The summed E-state index contributed by atoms with van der Waals surface area (Å²) >= 11 is 6.29. The summed E-state index contributed by atoms with van der Waals surface area (Å²) in [4.78, 5) is 31.3. The van der Waals surface area contributed by atoms with Gasteiger partial charge in [0.2, 0.25) is 5.91 Å². The number of carboxylic acid groups (broad SMARTS) is 1. The molecule has 2 unspecified atom stereocenters. The first-order valence-corrected chi connectivity index (χ1v) is 19.0. The van der Waals surface area contributed by atoms with Crippen LogP contribution in [0.3, 0.4) is 0 Å². The molecule has 4 aliphatic rings. The molecule has 0 radical (unpaired) electrons. The maximum Gasteiger partial charge on any atom is 0.329 e. The smallest absolute Gasteiger partial charge is 0.329 e. The Morgan fingerprint density at radius 2 is 1.92 bits per heavy atom. The van der Waals surface area contributed by atoms with Gasteiger partial charge in [-0.3, -0.25) is 9.78 Å². The molecule has 272 valence electrons. The third-order valence-electron chi connectivity index (χ3n) is 12.0. The first-order valence-electron chi connectivity index (χ1n) is 18.6. The Kier molecular flexibility index (Phi) is 10.1. The second-order valence-electron chi connectivity index (χ2n) is 15.4. The lowest BCUT2D eigenvalue weighted by atomic mass is 9.59. The van der Waals surface area contributed by atoms with Crippen molar-refractivity contribution < 1.29 is 28.9 Å². The van der Waals surface area contributed by atoms with Crippen LogP contribution in [0.1, 0.15) is 87.6 Å². The summed E-state index contributed by atoms with van der Waals surface area (Å²) in [6, 6.07) is 13.7. The van der Waals surface area contributed by atoms with Gasteiger partial charge in [0.15, 0.2) is 11.5 Å². The van der Waals surface area contributed by atoms with E-state index in [1.165, 1.54) is 35.2 Å². The lowest BCUT2D eigenvalue weighted by molar-refractivity contribution is -0.144. The fourth-order valence-electron chi connectivity index (χ4n) is 9.08. The number of nitrogens with zero attached hydrogens (tertiary/aromatic N) is 2. The van der Waals surface area contributed by atoms with E-state index in [1.807, 2.05) is 24.4 Å². The Hall–Kier alpha value is -3.98. The lowest BCUT2D eigenvalue weighted by Gasteiger charge is -2.47. The highest BCUT2D eigenvalue weighted by Crippen LogP contribution is 2.58. The average molecular weight is 716 g/mol. The fraction of sp³-hybridized carbons (Fsp3) is 0.537. The number of carboxylic acids is 1. The van der Waals surface area contributed by atoms with E-state index < -0.39 is 11.5 Å². The van der Waals surface area contributed by atoms with Crippen LogP contribution in [0.4, 0.5) is 5.69 Å². The molecule has 3 aliphatic carbocycles. The number of benzene rings is 2. The van der Waals surface area contributed by atoms with Crippen molar-refractivity contribution in [1.29, 1.82) is 0 Å². The van der Waals surface area contributed by atoms with Crippen LogP contribution in [0, 0.1) is 11.8 Å². The van der Waals surface area contributed by atoms with Gasteiger partial charge in [0.05, 0.1) is 19.8 Å². The Labute approximate surface area is 306 Å². The van der Waals surface area contributed by atoms with Crippen LogP contribution in [0.25, 0.3) is 0 Å². The molecule has 51 heavy (non-hydrogen) atoms. The molecular weight excluding hydrogens is 666 g/mol. The maximum atomic E-state index is 13.0. The van der Waals surface area contributed by atoms with Crippen LogP contribution in [0.5, 0.6) is 17.2 Å². The monoisotopic (exact) mass is 715 g/mol. The standard InChI is InChI=1S/C41H50ClN3O6/c1-26(25-50-36-11-17-43-35-10-5-4-9-33(35)36)19-29-20-28-21-37-38(51-32(12-18-49-37)24-45(3)27(2)46)23-34(28)40(29)13-15-41(16-14-40,39(47)48)44-31-8-6-7-30(42)22-31/h6-8,11,17,21-23,26,29,32,44H,4-5,9-10,12-16,18-20,24-25H2,1-3H3,(H,47,48)/t26-,29?,32?,40?,41?/m1/s1. The number of likely N-dealkylation sites (N-methyl/N-ethyl adjacent to an activating group) is 1. The van der Waals surface area contributed by atoms with Crippen molar-refractivity contribution in [1.82, 2.24) is 9.88 Å².